The number of benzene rings is 1. The summed E-state index contributed by atoms with van der Waals surface area (Å²) >= 11 is 11.9. The molecule has 1 aliphatic carbocycles. The molecule has 4 nitrogen and oxygen atoms in total. The molecule has 1 aromatic heterocycles. The molecule has 1 fully saturated rings. The van der Waals surface area contributed by atoms with Gasteiger partial charge in [0.25, 0.3) is 0 Å². The standard InChI is InChI=1S/C17H17Cl2F3N4/c18-10-6-11(19)8-13(7-10)23-15-9-14(17(20,21)22)25-16(26-15)24-12-4-2-1-3-5-12/h6-9,12H,1-5H2,(H2,23,24,25,26). The highest BCUT2D eigenvalue weighted by Crippen LogP contribution is 2.32. The van der Waals surface area contributed by atoms with Crippen LogP contribution in [0.15, 0.2) is 24.3 Å². The minimum absolute atomic E-state index is 0.0176. The van der Waals surface area contributed by atoms with E-state index in [-0.39, 0.29) is 17.8 Å². The van der Waals surface area contributed by atoms with Crippen LogP contribution < -0.4 is 10.6 Å². The van der Waals surface area contributed by atoms with E-state index in [0.29, 0.717) is 15.7 Å². The van der Waals surface area contributed by atoms with Crippen LogP contribution in [0.25, 0.3) is 0 Å². The van der Waals surface area contributed by atoms with Crippen LogP contribution in [0.4, 0.5) is 30.6 Å². The molecule has 9 heteroatoms. The second-order valence-corrected chi connectivity index (χ2v) is 7.10. The molecule has 1 aromatic carbocycles. The smallest absolute Gasteiger partial charge is 0.351 e. The van der Waals surface area contributed by atoms with Gasteiger partial charge in [-0.1, -0.05) is 42.5 Å². The van der Waals surface area contributed by atoms with Crippen LogP contribution in [0, 0.1) is 0 Å². The number of anilines is 3. The molecule has 0 spiro atoms. The minimum atomic E-state index is -4.58. The van der Waals surface area contributed by atoms with Gasteiger partial charge in [0.2, 0.25) is 5.95 Å². The van der Waals surface area contributed by atoms with Crippen LogP contribution in [0.1, 0.15) is 37.8 Å². The van der Waals surface area contributed by atoms with Crippen LogP contribution in [-0.4, -0.2) is 16.0 Å². The van der Waals surface area contributed by atoms with E-state index >= 15 is 0 Å². The van der Waals surface area contributed by atoms with Gasteiger partial charge in [0, 0.05) is 27.8 Å². The molecule has 1 heterocycles. The number of aromatic nitrogens is 2. The van der Waals surface area contributed by atoms with Crippen molar-refractivity contribution in [3.63, 3.8) is 0 Å². The van der Waals surface area contributed by atoms with Crippen molar-refractivity contribution >= 4 is 40.7 Å². The van der Waals surface area contributed by atoms with Crippen molar-refractivity contribution in [2.24, 2.45) is 0 Å². The first-order valence-electron chi connectivity index (χ1n) is 8.25. The monoisotopic (exact) mass is 404 g/mol. The molecule has 0 unspecified atom stereocenters. The molecule has 0 aliphatic heterocycles. The van der Waals surface area contributed by atoms with Gasteiger partial charge in [0.15, 0.2) is 5.69 Å². The minimum Gasteiger partial charge on any atom is -0.351 e. The van der Waals surface area contributed by atoms with Gasteiger partial charge in [0.1, 0.15) is 5.82 Å². The number of nitrogens with zero attached hydrogens (tertiary/aromatic N) is 2. The molecule has 0 amide bonds. The number of rotatable bonds is 4. The molecule has 2 aromatic rings. The van der Waals surface area contributed by atoms with Gasteiger partial charge in [-0.2, -0.15) is 18.2 Å². The van der Waals surface area contributed by atoms with Gasteiger partial charge in [-0.05, 0) is 31.0 Å². The molecular formula is C17H17Cl2F3N4. The first kappa shape index (κ1) is 19.0. The molecule has 0 saturated heterocycles. The Morgan fingerprint density at radius 1 is 0.923 bits per heavy atom. The third kappa shape index (κ3) is 5.14. The van der Waals surface area contributed by atoms with Crippen molar-refractivity contribution in [3.8, 4) is 0 Å². The molecular weight excluding hydrogens is 388 g/mol. The van der Waals surface area contributed by atoms with E-state index < -0.39 is 11.9 Å². The zero-order chi connectivity index (χ0) is 18.7. The van der Waals surface area contributed by atoms with Crippen molar-refractivity contribution in [1.82, 2.24) is 9.97 Å². The van der Waals surface area contributed by atoms with Gasteiger partial charge in [0.05, 0.1) is 0 Å². The Labute approximate surface area is 159 Å². The van der Waals surface area contributed by atoms with Gasteiger partial charge in [-0.3, -0.25) is 0 Å². The average molecular weight is 405 g/mol. The summed E-state index contributed by atoms with van der Waals surface area (Å²) in [6, 6.07) is 5.58. The quantitative estimate of drug-likeness (QED) is 0.628. The van der Waals surface area contributed by atoms with E-state index in [0.717, 1.165) is 38.2 Å². The lowest BCUT2D eigenvalue weighted by molar-refractivity contribution is -0.141. The van der Waals surface area contributed by atoms with E-state index in [1.54, 1.807) is 12.1 Å². The van der Waals surface area contributed by atoms with E-state index in [1.165, 1.54) is 6.07 Å². The van der Waals surface area contributed by atoms with Crippen molar-refractivity contribution in [3.05, 3.63) is 40.0 Å². The summed E-state index contributed by atoms with van der Waals surface area (Å²) in [7, 11) is 0. The molecule has 1 saturated carbocycles. The summed E-state index contributed by atoms with van der Waals surface area (Å²) in [4.78, 5) is 7.81. The Morgan fingerprint density at radius 2 is 1.58 bits per heavy atom. The summed E-state index contributed by atoms with van der Waals surface area (Å²) in [5.41, 5.74) is -0.570. The summed E-state index contributed by atoms with van der Waals surface area (Å²) in [5, 5.41) is 6.58. The maximum atomic E-state index is 13.2. The molecule has 3 rings (SSSR count). The fraction of sp³-hybridized carbons (Fsp3) is 0.412. The predicted molar refractivity (Wildman–Crippen MR) is 97.3 cm³/mol. The fourth-order valence-corrected chi connectivity index (χ4v) is 3.45. The van der Waals surface area contributed by atoms with Crippen LogP contribution in [0.3, 0.4) is 0 Å². The average Bonchev–Trinajstić information content (AvgIpc) is 2.53. The molecule has 0 bridgehead atoms. The van der Waals surface area contributed by atoms with Crippen molar-refractivity contribution in [2.45, 2.75) is 44.3 Å². The van der Waals surface area contributed by atoms with E-state index in [1.807, 2.05) is 0 Å². The number of alkyl halides is 3. The topological polar surface area (TPSA) is 49.8 Å². The SMILES string of the molecule is FC(F)(F)c1cc(Nc2cc(Cl)cc(Cl)c2)nc(NC2CCCCC2)n1. The molecule has 0 radical (unpaired) electrons. The van der Waals surface area contributed by atoms with E-state index in [2.05, 4.69) is 20.6 Å². The van der Waals surface area contributed by atoms with Gasteiger partial charge in [-0.15, -0.1) is 0 Å². The fourth-order valence-electron chi connectivity index (χ4n) is 2.92. The first-order chi connectivity index (χ1) is 12.3. The number of hydrogen-bond acceptors (Lipinski definition) is 4. The lowest BCUT2D eigenvalue weighted by atomic mass is 9.96. The Hall–Kier alpha value is -1.73. The molecule has 0 atom stereocenters. The Kier molecular flexibility index (Phi) is 5.77. The third-order valence-electron chi connectivity index (χ3n) is 4.09. The van der Waals surface area contributed by atoms with Crippen molar-refractivity contribution in [2.75, 3.05) is 10.6 Å². The Morgan fingerprint density at radius 3 is 2.19 bits per heavy atom. The lowest BCUT2D eigenvalue weighted by Gasteiger charge is -2.23. The first-order valence-corrected chi connectivity index (χ1v) is 9.01. The highest BCUT2D eigenvalue weighted by atomic mass is 35.5. The Balaban J connectivity index is 1.88. The molecule has 26 heavy (non-hydrogen) atoms. The summed E-state index contributed by atoms with van der Waals surface area (Å²) in [6.07, 6.45) is 0.447. The van der Waals surface area contributed by atoms with Crippen LogP contribution in [0.2, 0.25) is 10.0 Å². The summed E-state index contributed by atoms with van der Waals surface area (Å²) in [6.45, 7) is 0. The molecule has 2 N–H and O–H groups in total. The summed E-state index contributed by atoms with van der Waals surface area (Å²) in [5.74, 6) is -0.0219. The number of hydrogen-bond donors (Lipinski definition) is 2. The highest BCUT2D eigenvalue weighted by molar-refractivity contribution is 6.35. The Bertz CT molecular complexity index is 757. The normalized spacial score (nSPS) is 15.7. The van der Waals surface area contributed by atoms with Crippen molar-refractivity contribution in [1.29, 1.82) is 0 Å². The second kappa shape index (κ2) is 7.88. The second-order valence-electron chi connectivity index (χ2n) is 6.22. The van der Waals surface area contributed by atoms with Crippen molar-refractivity contribution < 1.29 is 13.2 Å². The van der Waals surface area contributed by atoms with Crippen LogP contribution in [-0.2, 0) is 6.18 Å². The van der Waals surface area contributed by atoms with Gasteiger partial charge in [-0.25, -0.2) is 4.98 Å². The molecule has 1 aliphatic rings. The number of nitrogens with one attached hydrogen (secondary N) is 2. The highest BCUT2D eigenvalue weighted by Gasteiger charge is 2.34. The zero-order valence-corrected chi connectivity index (χ0v) is 15.2. The van der Waals surface area contributed by atoms with Gasteiger partial charge >= 0.3 is 6.18 Å². The molecule has 140 valence electrons. The van der Waals surface area contributed by atoms with Gasteiger partial charge < -0.3 is 10.6 Å². The van der Waals surface area contributed by atoms with Crippen LogP contribution >= 0.6 is 23.2 Å². The van der Waals surface area contributed by atoms with E-state index in [4.69, 9.17) is 23.2 Å². The van der Waals surface area contributed by atoms with Crippen LogP contribution in [0.5, 0.6) is 0 Å². The predicted octanol–water partition coefficient (Wildman–Crippen LogP) is 6.29. The maximum Gasteiger partial charge on any atom is 0.433 e. The number of halogens is 5. The third-order valence-corrected chi connectivity index (χ3v) is 4.53. The lowest BCUT2D eigenvalue weighted by Crippen LogP contribution is -2.24. The zero-order valence-electron chi connectivity index (χ0n) is 13.7. The van der Waals surface area contributed by atoms with E-state index in [9.17, 15) is 13.2 Å². The maximum absolute atomic E-state index is 13.2. The summed E-state index contributed by atoms with van der Waals surface area (Å²) < 4.78 is 39.6. The largest absolute Gasteiger partial charge is 0.433 e.